The number of H-pyrrole nitrogens is 1. The first-order valence-electron chi connectivity index (χ1n) is 12.3. The van der Waals surface area contributed by atoms with Gasteiger partial charge >= 0.3 is 0 Å². The van der Waals surface area contributed by atoms with Gasteiger partial charge in [0.05, 0.1) is 0 Å². The lowest BCUT2D eigenvalue weighted by Crippen LogP contribution is -2.46. The van der Waals surface area contributed by atoms with Crippen LogP contribution < -0.4 is 5.32 Å². The van der Waals surface area contributed by atoms with Gasteiger partial charge < -0.3 is 20.1 Å². The lowest BCUT2D eigenvalue weighted by atomic mass is 9.95. The number of nitrogens with one attached hydrogen (secondary N) is 2. The van der Waals surface area contributed by atoms with Crippen molar-refractivity contribution in [3.8, 4) is 0 Å². The highest BCUT2D eigenvalue weighted by Crippen LogP contribution is 2.28. The predicted molar refractivity (Wildman–Crippen MR) is 134 cm³/mol. The molecule has 0 atom stereocenters. The third-order valence-electron chi connectivity index (χ3n) is 7.46. The topological polar surface area (TPSA) is 34.3 Å². The van der Waals surface area contributed by atoms with Gasteiger partial charge in [0.2, 0.25) is 0 Å². The van der Waals surface area contributed by atoms with Crippen molar-refractivity contribution in [1.29, 1.82) is 0 Å². The van der Waals surface area contributed by atoms with Crippen LogP contribution in [0.1, 0.15) is 62.5 Å². The van der Waals surface area contributed by atoms with Crippen LogP contribution in [-0.4, -0.2) is 58.7 Å². The van der Waals surface area contributed by atoms with Crippen LogP contribution in [0, 0.1) is 0 Å². The van der Waals surface area contributed by atoms with Gasteiger partial charge in [-0.2, -0.15) is 0 Å². The molecule has 5 heteroatoms. The van der Waals surface area contributed by atoms with E-state index in [9.17, 15) is 0 Å². The molecule has 2 fully saturated rings. The van der Waals surface area contributed by atoms with Gasteiger partial charge in [0.15, 0.2) is 5.11 Å². The van der Waals surface area contributed by atoms with Crippen LogP contribution in [0.3, 0.4) is 0 Å². The number of hydrogen-bond donors (Lipinski definition) is 2. The van der Waals surface area contributed by atoms with Crippen LogP contribution in [0.25, 0.3) is 16.5 Å². The second kappa shape index (κ2) is 9.74. The van der Waals surface area contributed by atoms with Gasteiger partial charge in [0.1, 0.15) is 0 Å². The van der Waals surface area contributed by atoms with E-state index >= 15 is 0 Å². The average molecular weight is 437 g/mol. The van der Waals surface area contributed by atoms with Gasteiger partial charge in [-0.25, -0.2) is 0 Å². The summed E-state index contributed by atoms with van der Waals surface area (Å²) in [4.78, 5) is 8.42. The lowest BCUT2D eigenvalue weighted by molar-refractivity contribution is 0.344. The van der Waals surface area contributed by atoms with Crippen LogP contribution in [-0.2, 0) is 6.42 Å². The molecular formula is C26H36N4S. The summed E-state index contributed by atoms with van der Waals surface area (Å²) in [6, 6.07) is 7.53. The maximum atomic E-state index is 5.73. The Morgan fingerprint density at radius 1 is 1.06 bits per heavy atom. The molecular weight excluding hydrogens is 400 g/mol. The molecule has 166 valence electrons. The van der Waals surface area contributed by atoms with Gasteiger partial charge in [-0.15, -0.1) is 0 Å². The second-order valence-electron chi connectivity index (χ2n) is 9.58. The highest BCUT2D eigenvalue weighted by molar-refractivity contribution is 7.80. The first kappa shape index (κ1) is 21.0. The van der Waals surface area contributed by atoms with Gasteiger partial charge in [-0.1, -0.05) is 31.4 Å². The molecule has 1 aromatic heterocycles. The number of likely N-dealkylation sites (tertiary alicyclic amines) is 1. The Hall–Kier alpha value is -1.85. The van der Waals surface area contributed by atoms with Crippen molar-refractivity contribution in [1.82, 2.24) is 20.1 Å². The molecule has 2 aliphatic heterocycles. The third kappa shape index (κ3) is 4.98. The van der Waals surface area contributed by atoms with E-state index in [0.717, 1.165) is 31.0 Å². The molecule has 1 saturated heterocycles. The average Bonchev–Trinajstić information content (AvgIpc) is 3.48. The summed E-state index contributed by atoms with van der Waals surface area (Å²) in [5.74, 6) is 0. The van der Waals surface area contributed by atoms with Gasteiger partial charge in [-0.05, 0) is 92.7 Å². The minimum absolute atomic E-state index is 0.585. The molecule has 3 aliphatic rings. The summed E-state index contributed by atoms with van der Waals surface area (Å²) < 4.78 is 0. The van der Waals surface area contributed by atoms with E-state index < -0.39 is 0 Å². The Balaban J connectivity index is 1.23. The van der Waals surface area contributed by atoms with E-state index in [-0.39, 0.29) is 0 Å². The minimum atomic E-state index is 0.585. The quantitative estimate of drug-likeness (QED) is 0.639. The van der Waals surface area contributed by atoms with Crippen molar-refractivity contribution in [2.24, 2.45) is 0 Å². The fourth-order valence-electron chi connectivity index (χ4n) is 5.50. The zero-order valence-electron chi connectivity index (χ0n) is 18.7. The molecule has 1 saturated carbocycles. The van der Waals surface area contributed by atoms with Crippen LogP contribution in [0.5, 0.6) is 0 Å². The maximum Gasteiger partial charge on any atom is 0.169 e. The van der Waals surface area contributed by atoms with E-state index in [4.69, 9.17) is 12.2 Å². The number of nitrogens with zero attached hydrogens (tertiary/aromatic N) is 2. The molecule has 1 aliphatic carbocycles. The van der Waals surface area contributed by atoms with Crippen LogP contribution in [0.2, 0.25) is 0 Å². The summed E-state index contributed by atoms with van der Waals surface area (Å²) in [6.07, 6.45) is 16.1. The molecule has 3 heterocycles. The van der Waals surface area contributed by atoms with Crippen molar-refractivity contribution >= 4 is 33.8 Å². The molecule has 1 aromatic carbocycles. The van der Waals surface area contributed by atoms with Crippen LogP contribution >= 0.6 is 12.2 Å². The molecule has 5 rings (SSSR count). The Bertz CT molecular complexity index is 934. The van der Waals surface area contributed by atoms with E-state index in [0.29, 0.717) is 6.04 Å². The number of aromatic nitrogens is 1. The number of thiocarbonyl (C=S) groups is 1. The standard InChI is InChI=1S/C26H36N4S/c31-26(28-23-6-2-1-3-7-23)30-16-11-20(12-17-30)21-8-9-25-24(18-21)22(19-27-25)10-15-29-13-4-5-14-29/h8-9,11,18-19,23,27H,1-7,10,12-17H2,(H,28,31). The van der Waals surface area contributed by atoms with Gasteiger partial charge in [0, 0.05) is 42.8 Å². The summed E-state index contributed by atoms with van der Waals surface area (Å²) in [6.45, 7) is 5.65. The Kier molecular flexibility index (Phi) is 6.61. The Morgan fingerprint density at radius 2 is 1.90 bits per heavy atom. The summed E-state index contributed by atoms with van der Waals surface area (Å²) >= 11 is 5.73. The number of fused-ring (bicyclic) bond motifs is 1. The summed E-state index contributed by atoms with van der Waals surface area (Å²) in [7, 11) is 0. The first-order chi connectivity index (χ1) is 15.3. The van der Waals surface area contributed by atoms with Crippen molar-refractivity contribution < 1.29 is 0 Å². The Morgan fingerprint density at radius 3 is 2.68 bits per heavy atom. The zero-order chi connectivity index (χ0) is 21.0. The second-order valence-corrected chi connectivity index (χ2v) is 9.97. The predicted octanol–water partition coefficient (Wildman–Crippen LogP) is 5.10. The van der Waals surface area contributed by atoms with E-state index in [1.165, 1.54) is 92.2 Å². The Labute approximate surface area is 192 Å². The smallest absolute Gasteiger partial charge is 0.169 e. The molecule has 4 nitrogen and oxygen atoms in total. The van der Waals surface area contributed by atoms with Crippen molar-refractivity contribution in [3.05, 3.63) is 41.6 Å². The third-order valence-corrected chi connectivity index (χ3v) is 7.84. The van der Waals surface area contributed by atoms with Gasteiger partial charge in [0.25, 0.3) is 0 Å². The van der Waals surface area contributed by atoms with Crippen molar-refractivity contribution in [2.75, 3.05) is 32.7 Å². The molecule has 2 N–H and O–H groups in total. The van der Waals surface area contributed by atoms with Gasteiger partial charge in [-0.3, -0.25) is 0 Å². The zero-order valence-corrected chi connectivity index (χ0v) is 19.5. The maximum absolute atomic E-state index is 5.73. The minimum Gasteiger partial charge on any atom is -0.361 e. The van der Waals surface area contributed by atoms with Crippen molar-refractivity contribution in [2.45, 2.75) is 63.8 Å². The largest absolute Gasteiger partial charge is 0.361 e. The lowest BCUT2D eigenvalue weighted by Gasteiger charge is -2.32. The monoisotopic (exact) mass is 436 g/mol. The van der Waals surface area contributed by atoms with E-state index in [1.54, 1.807) is 0 Å². The summed E-state index contributed by atoms with van der Waals surface area (Å²) in [5, 5.41) is 5.98. The molecule has 0 radical (unpaired) electrons. The fraction of sp³-hybridized carbons (Fsp3) is 0.577. The van der Waals surface area contributed by atoms with E-state index in [2.05, 4.69) is 50.6 Å². The highest BCUT2D eigenvalue weighted by Gasteiger charge is 2.20. The highest BCUT2D eigenvalue weighted by atomic mass is 32.1. The molecule has 0 unspecified atom stereocenters. The van der Waals surface area contributed by atoms with E-state index in [1.807, 2.05) is 0 Å². The number of benzene rings is 1. The van der Waals surface area contributed by atoms with Crippen LogP contribution in [0.4, 0.5) is 0 Å². The fourth-order valence-corrected chi connectivity index (χ4v) is 5.83. The molecule has 31 heavy (non-hydrogen) atoms. The normalized spacial score (nSPS) is 20.9. The SMILES string of the molecule is S=C(NC1CCCCC1)N1CC=C(c2ccc3[nH]cc(CCN4CCCC4)c3c2)CC1. The molecule has 0 spiro atoms. The number of rotatable bonds is 5. The first-order valence-corrected chi connectivity index (χ1v) is 12.7. The number of hydrogen-bond acceptors (Lipinski definition) is 2. The molecule has 2 aromatic rings. The van der Waals surface area contributed by atoms with Crippen LogP contribution in [0.15, 0.2) is 30.5 Å². The number of aromatic amines is 1. The summed E-state index contributed by atoms with van der Waals surface area (Å²) in [5.41, 5.74) is 5.56. The molecule has 0 bridgehead atoms. The molecule has 0 amide bonds. The van der Waals surface area contributed by atoms with Crippen molar-refractivity contribution in [3.63, 3.8) is 0 Å².